The highest BCUT2D eigenvalue weighted by Crippen LogP contribution is 2.35. The lowest BCUT2D eigenvalue weighted by molar-refractivity contribution is -0.913. The van der Waals surface area contributed by atoms with E-state index in [1.165, 1.54) is 16.2 Å². The number of thiophene rings is 1. The van der Waals surface area contributed by atoms with Crippen LogP contribution in [0.4, 0.5) is 5.00 Å². The molecule has 5 nitrogen and oxygen atoms in total. The number of amides is 1. The fourth-order valence-electron chi connectivity index (χ4n) is 3.15. The summed E-state index contributed by atoms with van der Waals surface area (Å²) < 4.78 is 5.24. The molecule has 1 unspecified atom stereocenters. The van der Waals surface area contributed by atoms with Crippen LogP contribution in [0.15, 0.2) is 24.3 Å². The maximum absolute atomic E-state index is 12.6. The standard InChI is InChI=1S/C19H21ClN2O3S/c1-3-22-9-8-14-15(11-22)26-18(16(14)19(24)25-4-2)21-17(23)12-6-5-7-13(20)10-12/h5-7,10H,3-4,8-9,11H2,1-2H3,(H,21,23)/p+1. The van der Waals surface area contributed by atoms with Crippen LogP contribution in [0.1, 0.15) is 45.0 Å². The molecule has 0 aliphatic carbocycles. The second-order valence-corrected chi connectivity index (χ2v) is 7.71. The van der Waals surface area contributed by atoms with E-state index >= 15 is 0 Å². The first kappa shape index (κ1) is 18.9. The summed E-state index contributed by atoms with van der Waals surface area (Å²) in [6.07, 6.45) is 0.816. The number of likely N-dealkylation sites (N-methyl/N-ethyl adjacent to an activating group) is 1. The van der Waals surface area contributed by atoms with E-state index in [0.29, 0.717) is 27.8 Å². The van der Waals surface area contributed by atoms with Gasteiger partial charge in [0.05, 0.1) is 30.1 Å². The first-order valence-corrected chi connectivity index (χ1v) is 9.95. The number of esters is 1. The number of carbonyl (C=O) groups is 2. The average Bonchev–Trinajstić information content (AvgIpc) is 2.98. The van der Waals surface area contributed by atoms with E-state index < -0.39 is 0 Å². The Bertz CT molecular complexity index is 834. The molecule has 3 rings (SSSR count). The molecule has 0 saturated heterocycles. The highest BCUT2D eigenvalue weighted by Gasteiger charge is 2.30. The highest BCUT2D eigenvalue weighted by molar-refractivity contribution is 7.17. The Kier molecular flexibility index (Phi) is 5.96. The summed E-state index contributed by atoms with van der Waals surface area (Å²) in [5.41, 5.74) is 1.99. The summed E-state index contributed by atoms with van der Waals surface area (Å²) in [5.74, 6) is -0.650. The molecule has 0 fully saturated rings. The largest absolute Gasteiger partial charge is 0.462 e. The van der Waals surface area contributed by atoms with E-state index in [4.69, 9.17) is 16.3 Å². The number of quaternary nitrogens is 1. The van der Waals surface area contributed by atoms with Gasteiger partial charge in [0.1, 0.15) is 11.5 Å². The van der Waals surface area contributed by atoms with Crippen molar-refractivity contribution in [2.75, 3.05) is 25.0 Å². The SMILES string of the molecule is CCOC(=O)c1c(NC(=O)c2cccc(Cl)c2)sc2c1CC[NH+](CC)C2. The molecule has 1 aromatic carbocycles. The summed E-state index contributed by atoms with van der Waals surface area (Å²) in [7, 11) is 0. The number of fused-ring (bicyclic) bond motifs is 1. The summed E-state index contributed by atoms with van der Waals surface area (Å²) in [6, 6.07) is 6.75. The van der Waals surface area contributed by atoms with Gasteiger partial charge in [-0.2, -0.15) is 0 Å². The second kappa shape index (κ2) is 8.20. The van der Waals surface area contributed by atoms with Crippen molar-refractivity contribution in [2.45, 2.75) is 26.8 Å². The van der Waals surface area contributed by atoms with Gasteiger partial charge in [0.15, 0.2) is 0 Å². The predicted molar refractivity (Wildman–Crippen MR) is 103 cm³/mol. The van der Waals surface area contributed by atoms with Crippen LogP contribution in [0, 0.1) is 0 Å². The van der Waals surface area contributed by atoms with Gasteiger partial charge in [-0.25, -0.2) is 4.79 Å². The topological polar surface area (TPSA) is 59.8 Å². The molecule has 1 amide bonds. The third-order valence-corrected chi connectivity index (χ3v) is 5.91. The third-order valence-electron chi connectivity index (χ3n) is 4.52. The zero-order valence-electron chi connectivity index (χ0n) is 14.9. The van der Waals surface area contributed by atoms with Crippen LogP contribution in [0.5, 0.6) is 0 Å². The number of nitrogens with one attached hydrogen (secondary N) is 2. The zero-order chi connectivity index (χ0) is 18.7. The Morgan fingerprint density at radius 2 is 2.15 bits per heavy atom. The van der Waals surface area contributed by atoms with Crippen molar-refractivity contribution in [2.24, 2.45) is 0 Å². The van der Waals surface area contributed by atoms with Crippen molar-refractivity contribution in [1.82, 2.24) is 0 Å². The van der Waals surface area contributed by atoms with Gasteiger partial charge < -0.3 is 15.0 Å². The van der Waals surface area contributed by atoms with E-state index in [2.05, 4.69) is 12.2 Å². The van der Waals surface area contributed by atoms with Crippen molar-refractivity contribution < 1.29 is 19.2 Å². The van der Waals surface area contributed by atoms with E-state index in [1.807, 2.05) is 0 Å². The molecular formula is C19H22ClN2O3S+. The molecule has 2 N–H and O–H groups in total. The number of halogens is 1. The summed E-state index contributed by atoms with van der Waals surface area (Å²) in [5, 5.41) is 3.96. The lowest BCUT2D eigenvalue weighted by Gasteiger charge is -2.22. The molecule has 2 aromatic rings. The van der Waals surface area contributed by atoms with Crippen molar-refractivity contribution in [3.05, 3.63) is 50.9 Å². The van der Waals surface area contributed by atoms with Crippen LogP contribution < -0.4 is 10.2 Å². The number of benzene rings is 1. The summed E-state index contributed by atoms with van der Waals surface area (Å²) >= 11 is 7.45. The van der Waals surface area contributed by atoms with E-state index in [-0.39, 0.29) is 11.9 Å². The fourth-order valence-corrected chi connectivity index (χ4v) is 4.64. The van der Waals surface area contributed by atoms with Gasteiger partial charge in [0.2, 0.25) is 0 Å². The Morgan fingerprint density at radius 1 is 1.35 bits per heavy atom. The molecule has 2 heterocycles. The van der Waals surface area contributed by atoms with Gasteiger partial charge in [0, 0.05) is 17.0 Å². The zero-order valence-corrected chi connectivity index (χ0v) is 16.4. The first-order chi connectivity index (χ1) is 12.5. The molecule has 1 aromatic heterocycles. The Morgan fingerprint density at radius 3 is 2.85 bits per heavy atom. The number of hydrogen-bond acceptors (Lipinski definition) is 4. The van der Waals surface area contributed by atoms with Gasteiger partial charge in [0.25, 0.3) is 5.91 Å². The van der Waals surface area contributed by atoms with Crippen molar-refractivity contribution in [3.63, 3.8) is 0 Å². The van der Waals surface area contributed by atoms with Crippen molar-refractivity contribution in [1.29, 1.82) is 0 Å². The van der Waals surface area contributed by atoms with Crippen molar-refractivity contribution >= 4 is 39.8 Å². The van der Waals surface area contributed by atoms with Crippen LogP contribution >= 0.6 is 22.9 Å². The smallest absolute Gasteiger partial charge is 0.341 e. The van der Waals surface area contributed by atoms with Gasteiger partial charge in [-0.3, -0.25) is 4.79 Å². The quantitative estimate of drug-likeness (QED) is 0.768. The lowest BCUT2D eigenvalue weighted by atomic mass is 10.0. The molecule has 0 bridgehead atoms. The number of rotatable bonds is 5. The van der Waals surface area contributed by atoms with Crippen molar-refractivity contribution in [3.8, 4) is 0 Å². The minimum absolute atomic E-state index is 0.281. The Labute approximate surface area is 161 Å². The predicted octanol–water partition coefficient (Wildman–Crippen LogP) is 2.79. The molecule has 0 spiro atoms. The number of anilines is 1. The molecule has 26 heavy (non-hydrogen) atoms. The van der Waals surface area contributed by atoms with E-state index in [9.17, 15) is 9.59 Å². The molecular weight excluding hydrogens is 372 g/mol. The lowest BCUT2D eigenvalue weighted by Crippen LogP contribution is -3.11. The minimum atomic E-state index is -0.369. The summed E-state index contributed by atoms with van der Waals surface area (Å²) in [6.45, 7) is 7.13. The number of ether oxygens (including phenoxy) is 1. The van der Waals surface area contributed by atoms with Gasteiger partial charge in [-0.15, -0.1) is 11.3 Å². The molecule has 1 atom stereocenters. The van der Waals surface area contributed by atoms with Crippen LogP contribution in [0.2, 0.25) is 5.02 Å². The van der Waals surface area contributed by atoms with E-state index in [0.717, 1.165) is 36.5 Å². The Hall–Kier alpha value is -1.89. The molecule has 138 valence electrons. The summed E-state index contributed by atoms with van der Waals surface area (Å²) in [4.78, 5) is 27.8. The van der Waals surface area contributed by atoms with Crippen LogP contribution in [0.3, 0.4) is 0 Å². The fraction of sp³-hybridized carbons (Fsp3) is 0.368. The van der Waals surface area contributed by atoms with Crippen LogP contribution in [-0.4, -0.2) is 31.6 Å². The molecule has 7 heteroatoms. The molecule has 0 saturated carbocycles. The normalized spacial score (nSPS) is 16.0. The maximum atomic E-state index is 12.6. The molecule has 0 radical (unpaired) electrons. The van der Waals surface area contributed by atoms with Gasteiger partial charge in [-0.05, 0) is 37.6 Å². The van der Waals surface area contributed by atoms with Gasteiger partial charge in [-0.1, -0.05) is 17.7 Å². The maximum Gasteiger partial charge on any atom is 0.341 e. The second-order valence-electron chi connectivity index (χ2n) is 6.17. The highest BCUT2D eigenvalue weighted by atomic mass is 35.5. The molecule has 1 aliphatic heterocycles. The first-order valence-electron chi connectivity index (χ1n) is 8.75. The third kappa shape index (κ3) is 3.92. The number of hydrogen-bond donors (Lipinski definition) is 2. The number of carbonyl (C=O) groups excluding carboxylic acids is 2. The monoisotopic (exact) mass is 393 g/mol. The van der Waals surface area contributed by atoms with Crippen LogP contribution in [0.25, 0.3) is 0 Å². The Balaban J connectivity index is 1.94. The van der Waals surface area contributed by atoms with Gasteiger partial charge >= 0.3 is 5.97 Å². The molecule has 1 aliphatic rings. The minimum Gasteiger partial charge on any atom is -0.462 e. The average molecular weight is 394 g/mol. The van der Waals surface area contributed by atoms with E-state index in [1.54, 1.807) is 31.2 Å². The van der Waals surface area contributed by atoms with Crippen LogP contribution in [-0.2, 0) is 17.7 Å².